The predicted octanol–water partition coefficient (Wildman–Crippen LogP) is 6.28. The van der Waals surface area contributed by atoms with Crippen molar-refractivity contribution < 1.29 is 13.2 Å². The highest BCUT2D eigenvalue weighted by Gasteiger charge is 2.33. The summed E-state index contributed by atoms with van der Waals surface area (Å²) in [6.07, 6.45) is -3.61. The number of benzene rings is 2. The minimum Gasteiger partial charge on any atom is -0.362 e. The number of hydrogen-bond donors (Lipinski definition) is 2. The molecule has 0 atom stereocenters. The molecule has 0 heterocycles. The Morgan fingerprint density at radius 2 is 1.96 bits per heavy atom. The summed E-state index contributed by atoms with van der Waals surface area (Å²) in [4.78, 5) is 0. The molecule has 0 amide bonds. The summed E-state index contributed by atoms with van der Waals surface area (Å²) >= 11 is 12.6. The molecular weight excluding hydrogens is 413 g/mol. The van der Waals surface area contributed by atoms with Crippen molar-refractivity contribution in [3.05, 3.63) is 64.2 Å². The highest BCUT2D eigenvalue weighted by molar-refractivity contribution is 7.98. The normalized spacial score (nSPS) is 11.3. The van der Waals surface area contributed by atoms with Gasteiger partial charge < -0.3 is 10.6 Å². The van der Waals surface area contributed by atoms with Crippen LogP contribution >= 0.6 is 35.6 Å². The third-order valence-electron chi connectivity index (χ3n) is 3.63. The van der Waals surface area contributed by atoms with Crippen LogP contribution < -0.4 is 10.6 Å². The monoisotopic (exact) mass is 432 g/mol. The van der Waals surface area contributed by atoms with Crippen LogP contribution in [-0.2, 0) is 11.9 Å². The van der Waals surface area contributed by atoms with Gasteiger partial charge in [0.15, 0.2) is 5.11 Å². The number of hydrogen-bond acceptors (Lipinski definition) is 2. The number of aryl methyl sites for hydroxylation is 1. The molecule has 8 heteroatoms. The summed E-state index contributed by atoms with van der Waals surface area (Å²) in [6.45, 7) is 2.72. The molecule has 0 saturated carbocycles. The van der Waals surface area contributed by atoms with Crippen LogP contribution in [0.4, 0.5) is 18.9 Å². The Labute approximate surface area is 171 Å². The van der Waals surface area contributed by atoms with Gasteiger partial charge in [0.2, 0.25) is 0 Å². The van der Waals surface area contributed by atoms with Crippen LogP contribution in [0.15, 0.2) is 42.5 Å². The lowest BCUT2D eigenvalue weighted by atomic mass is 10.2. The maximum absolute atomic E-state index is 12.9. The van der Waals surface area contributed by atoms with Crippen molar-refractivity contribution in [2.24, 2.45) is 0 Å². The molecule has 27 heavy (non-hydrogen) atoms. The Morgan fingerprint density at radius 3 is 2.67 bits per heavy atom. The molecule has 2 rings (SSSR count). The fraction of sp³-hybridized carbons (Fsp3) is 0.316. The van der Waals surface area contributed by atoms with E-state index < -0.39 is 11.7 Å². The fourth-order valence-corrected chi connectivity index (χ4v) is 3.72. The minimum absolute atomic E-state index is 0.248. The number of anilines is 1. The molecule has 0 spiro atoms. The van der Waals surface area contributed by atoms with E-state index in [1.165, 1.54) is 23.3 Å². The second-order valence-electron chi connectivity index (χ2n) is 5.97. The average molecular weight is 433 g/mol. The first-order valence-electron chi connectivity index (χ1n) is 8.30. The number of halogens is 4. The van der Waals surface area contributed by atoms with E-state index in [1.54, 1.807) is 0 Å². The predicted molar refractivity (Wildman–Crippen MR) is 113 cm³/mol. The summed E-state index contributed by atoms with van der Waals surface area (Å²) in [5, 5.41) is 5.71. The van der Waals surface area contributed by atoms with Gasteiger partial charge in [-0.1, -0.05) is 41.4 Å². The lowest BCUT2D eigenvalue weighted by Gasteiger charge is -2.14. The molecule has 0 aliphatic carbocycles. The van der Waals surface area contributed by atoms with Gasteiger partial charge in [-0.25, -0.2) is 0 Å². The van der Waals surface area contributed by atoms with E-state index in [9.17, 15) is 13.2 Å². The topological polar surface area (TPSA) is 24.1 Å². The molecule has 0 aromatic heterocycles. The largest absolute Gasteiger partial charge is 0.417 e. The van der Waals surface area contributed by atoms with Gasteiger partial charge in [0.1, 0.15) is 0 Å². The van der Waals surface area contributed by atoms with E-state index in [4.69, 9.17) is 23.8 Å². The summed E-state index contributed by atoms with van der Waals surface area (Å²) in [7, 11) is 0. The Hall–Kier alpha value is -1.44. The van der Waals surface area contributed by atoms with Crippen LogP contribution in [0, 0.1) is 6.92 Å². The van der Waals surface area contributed by atoms with E-state index in [0.29, 0.717) is 6.54 Å². The standard InChI is InChI=1S/C19H20ClF3N2S2/c1-13-4-2-5-14(10-13)12-27-9-3-8-24-18(26)25-15-6-7-17(20)16(11-15)19(21,22)23/h2,4-7,10-11H,3,8-9,12H2,1H3,(H2,24,25,26). The molecule has 0 saturated heterocycles. The zero-order chi connectivity index (χ0) is 19.9. The van der Waals surface area contributed by atoms with Crippen molar-refractivity contribution in [1.82, 2.24) is 5.32 Å². The van der Waals surface area contributed by atoms with Crippen LogP contribution in [-0.4, -0.2) is 17.4 Å². The smallest absolute Gasteiger partial charge is 0.362 e. The van der Waals surface area contributed by atoms with Gasteiger partial charge in [0.05, 0.1) is 10.6 Å². The molecule has 0 unspecified atom stereocenters. The Bertz CT molecular complexity index is 782. The molecule has 0 radical (unpaired) electrons. The van der Waals surface area contributed by atoms with Crippen molar-refractivity contribution in [1.29, 1.82) is 0 Å². The number of rotatable bonds is 7. The summed E-state index contributed by atoms with van der Waals surface area (Å²) < 4.78 is 38.6. The van der Waals surface area contributed by atoms with Crippen LogP contribution in [0.1, 0.15) is 23.1 Å². The first kappa shape index (κ1) is 21.9. The lowest BCUT2D eigenvalue weighted by molar-refractivity contribution is -0.137. The van der Waals surface area contributed by atoms with Crippen LogP contribution in [0.25, 0.3) is 0 Å². The highest BCUT2D eigenvalue weighted by atomic mass is 35.5. The minimum atomic E-state index is -4.50. The SMILES string of the molecule is Cc1cccc(CSCCCNC(=S)Nc2ccc(Cl)c(C(F)(F)F)c2)c1. The summed E-state index contributed by atoms with van der Waals surface area (Å²) in [5.41, 5.74) is 1.91. The van der Waals surface area contributed by atoms with E-state index in [0.717, 1.165) is 24.0 Å². The molecule has 2 nitrogen and oxygen atoms in total. The maximum atomic E-state index is 12.9. The van der Waals surface area contributed by atoms with Gasteiger partial charge in [-0.2, -0.15) is 24.9 Å². The maximum Gasteiger partial charge on any atom is 0.417 e. The molecule has 0 bridgehead atoms. The molecule has 2 N–H and O–H groups in total. The first-order chi connectivity index (χ1) is 12.8. The molecule has 2 aromatic rings. The van der Waals surface area contributed by atoms with E-state index in [1.807, 2.05) is 11.8 Å². The van der Waals surface area contributed by atoms with Crippen LogP contribution in [0.3, 0.4) is 0 Å². The number of thiocarbonyl (C=S) groups is 1. The summed E-state index contributed by atoms with van der Waals surface area (Å²) in [6, 6.07) is 12.0. The van der Waals surface area contributed by atoms with E-state index >= 15 is 0 Å². The summed E-state index contributed by atoms with van der Waals surface area (Å²) in [5.74, 6) is 1.91. The van der Waals surface area contributed by atoms with Crippen molar-refractivity contribution in [2.75, 3.05) is 17.6 Å². The third-order valence-corrected chi connectivity index (χ3v) is 5.32. The molecule has 2 aromatic carbocycles. The van der Waals surface area contributed by atoms with Crippen molar-refractivity contribution >= 4 is 46.4 Å². The average Bonchev–Trinajstić information content (AvgIpc) is 2.59. The van der Waals surface area contributed by atoms with Gasteiger partial charge in [0.25, 0.3) is 0 Å². The third kappa shape index (κ3) is 7.60. The Morgan fingerprint density at radius 1 is 1.19 bits per heavy atom. The van der Waals surface area contributed by atoms with Gasteiger partial charge in [0, 0.05) is 18.0 Å². The Kier molecular flexibility index (Phi) is 8.26. The van der Waals surface area contributed by atoms with E-state index in [-0.39, 0.29) is 15.8 Å². The van der Waals surface area contributed by atoms with Gasteiger partial charge in [-0.3, -0.25) is 0 Å². The van der Waals surface area contributed by atoms with Crippen LogP contribution in [0.5, 0.6) is 0 Å². The molecular formula is C19H20ClF3N2S2. The van der Waals surface area contributed by atoms with Gasteiger partial charge in [-0.05, 0) is 55.1 Å². The van der Waals surface area contributed by atoms with E-state index in [2.05, 4.69) is 41.8 Å². The molecule has 0 aliphatic rings. The number of nitrogens with one attached hydrogen (secondary N) is 2. The quantitative estimate of drug-likeness (QED) is 0.397. The highest BCUT2D eigenvalue weighted by Crippen LogP contribution is 2.36. The number of alkyl halides is 3. The molecule has 0 fully saturated rings. The second-order valence-corrected chi connectivity index (χ2v) is 7.89. The lowest BCUT2D eigenvalue weighted by Crippen LogP contribution is -2.29. The van der Waals surface area contributed by atoms with Gasteiger partial charge >= 0.3 is 6.18 Å². The molecule has 0 aliphatic heterocycles. The number of thioether (sulfide) groups is 1. The Balaban J connectivity index is 1.69. The molecule has 146 valence electrons. The zero-order valence-corrected chi connectivity index (χ0v) is 17.1. The first-order valence-corrected chi connectivity index (χ1v) is 10.2. The zero-order valence-electron chi connectivity index (χ0n) is 14.7. The van der Waals surface area contributed by atoms with Gasteiger partial charge in [-0.15, -0.1) is 0 Å². The van der Waals surface area contributed by atoms with Crippen molar-refractivity contribution in [3.8, 4) is 0 Å². The van der Waals surface area contributed by atoms with Crippen LogP contribution in [0.2, 0.25) is 5.02 Å². The van der Waals surface area contributed by atoms with Crippen molar-refractivity contribution in [3.63, 3.8) is 0 Å². The second kappa shape index (κ2) is 10.2. The fourth-order valence-electron chi connectivity index (χ4n) is 2.36. The van der Waals surface area contributed by atoms with Crippen molar-refractivity contribution in [2.45, 2.75) is 25.3 Å².